The van der Waals surface area contributed by atoms with Gasteiger partial charge in [0.2, 0.25) is 0 Å². The predicted octanol–water partition coefficient (Wildman–Crippen LogP) is 2.84. The van der Waals surface area contributed by atoms with Crippen molar-refractivity contribution in [3.05, 3.63) is 58.6 Å². The van der Waals surface area contributed by atoms with Gasteiger partial charge in [0.15, 0.2) is 0 Å². The number of carbonyl (C=O) groups excluding carboxylic acids is 1. The second-order valence-electron chi connectivity index (χ2n) is 5.46. The molecule has 126 valence electrons. The van der Waals surface area contributed by atoms with E-state index in [1.54, 1.807) is 19.1 Å². The van der Waals surface area contributed by atoms with Crippen molar-refractivity contribution in [1.29, 1.82) is 0 Å². The van der Waals surface area contributed by atoms with Crippen molar-refractivity contribution in [1.82, 2.24) is 5.32 Å². The highest BCUT2D eigenvalue weighted by molar-refractivity contribution is 7.93. The van der Waals surface area contributed by atoms with Gasteiger partial charge in [0, 0.05) is 18.7 Å². The number of halogens is 1. The molecule has 7 heteroatoms. The van der Waals surface area contributed by atoms with Crippen molar-refractivity contribution in [2.45, 2.75) is 18.2 Å². The molecule has 1 N–H and O–H groups in total. The summed E-state index contributed by atoms with van der Waals surface area (Å²) < 4.78 is 27.5. The summed E-state index contributed by atoms with van der Waals surface area (Å²) in [7, 11) is -3.83. The minimum Gasteiger partial charge on any atom is -0.352 e. The number of benzene rings is 2. The largest absolute Gasteiger partial charge is 0.352 e. The Hall–Kier alpha value is -2.05. The maximum absolute atomic E-state index is 13.1. The molecule has 1 aliphatic heterocycles. The standard InChI is InChI=1S/C17H17ClN2O3S/c1-2-19-17(21)13-7-8-14(18)16(11-13)24(22,23)20-10-9-12-5-3-4-6-15(12)20/h3-8,11H,2,9-10H2,1H3,(H,19,21). The Kier molecular flexibility index (Phi) is 4.51. The van der Waals surface area contributed by atoms with Gasteiger partial charge >= 0.3 is 0 Å². The lowest BCUT2D eigenvalue weighted by Gasteiger charge is -2.20. The highest BCUT2D eigenvalue weighted by Gasteiger charge is 2.32. The maximum atomic E-state index is 13.1. The van der Waals surface area contributed by atoms with Crippen LogP contribution in [0.3, 0.4) is 0 Å². The summed E-state index contributed by atoms with van der Waals surface area (Å²) >= 11 is 6.13. The van der Waals surface area contributed by atoms with Crippen molar-refractivity contribution in [3.63, 3.8) is 0 Å². The van der Waals surface area contributed by atoms with E-state index in [1.807, 2.05) is 12.1 Å². The van der Waals surface area contributed by atoms with Crippen LogP contribution in [0.25, 0.3) is 0 Å². The van der Waals surface area contributed by atoms with E-state index < -0.39 is 10.0 Å². The lowest BCUT2D eigenvalue weighted by molar-refractivity contribution is 0.0955. The molecule has 0 aromatic heterocycles. The molecular weight excluding hydrogens is 348 g/mol. The average Bonchev–Trinajstić information content (AvgIpc) is 3.00. The van der Waals surface area contributed by atoms with E-state index in [-0.39, 0.29) is 21.4 Å². The Labute approximate surface area is 146 Å². The molecule has 1 amide bonds. The third-order valence-corrected chi connectivity index (χ3v) is 6.24. The fourth-order valence-corrected chi connectivity index (χ4v) is 4.79. The average molecular weight is 365 g/mol. The van der Waals surface area contributed by atoms with Gasteiger partial charge in [0.25, 0.3) is 15.9 Å². The quantitative estimate of drug-likeness (QED) is 0.907. The Morgan fingerprint density at radius 3 is 2.75 bits per heavy atom. The highest BCUT2D eigenvalue weighted by Crippen LogP contribution is 2.35. The lowest BCUT2D eigenvalue weighted by Crippen LogP contribution is -2.30. The third kappa shape index (κ3) is 2.87. The Balaban J connectivity index is 2.05. The molecule has 0 spiro atoms. The van der Waals surface area contributed by atoms with Gasteiger partial charge in [-0.25, -0.2) is 8.42 Å². The van der Waals surface area contributed by atoms with Crippen molar-refractivity contribution in [3.8, 4) is 0 Å². The Morgan fingerprint density at radius 2 is 2.00 bits per heavy atom. The number of hydrogen-bond donors (Lipinski definition) is 1. The van der Waals surface area contributed by atoms with E-state index in [2.05, 4.69) is 5.32 Å². The van der Waals surface area contributed by atoms with Crippen LogP contribution >= 0.6 is 11.6 Å². The monoisotopic (exact) mass is 364 g/mol. The molecule has 0 saturated carbocycles. The molecule has 0 saturated heterocycles. The van der Waals surface area contributed by atoms with Crippen LogP contribution in [0.5, 0.6) is 0 Å². The van der Waals surface area contributed by atoms with Gasteiger partial charge in [-0.2, -0.15) is 0 Å². The number of carbonyl (C=O) groups is 1. The fourth-order valence-electron chi connectivity index (χ4n) is 2.78. The van der Waals surface area contributed by atoms with Crippen LogP contribution in [-0.4, -0.2) is 27.4 Å². The summed E-state index contributed by atoms with van der Waals surface area (Å²) in [6, 6.07) is 11.7. The van der Waals surface area contributed by atoms with E-state index in [1.165, 1.54) is 22.5 Å². The predicted molar refractivity (Wildman–Crippen MR) is 94.1 cm³/mol. The number of para-hydroxylation sites is 1. The minimum absolute atomic E-state index is 0.0513. The number of amides is 1. The first-order chi connectivity index (χ1) is 11.4. The Morgan fingerprint density at radius 1 is 1.25 bits per heavy atom. The number of nitrogens with zero attached hydrogens (tertiary/aromatic N) is 1. The summed E-state index contributed by atoms with van der Waals surface area (Å²) in [5.41, 5.74) is 1.92. The van der Waals surface area contributed by atoms with Gasteiger partial charge in [0.05, 0.1) is 10.7 Å². The van der Waals surface area contributed by atoms with Crippen molar-refractivity contribution in [2.75, 3.05) is 17.4 Å². The molecule has 0 aliphatic carbocycles. The Bertz CT molecular complexity index is 896. The molecule has 3 rings (SSSR count). The van der Waals surface area contributed by atoms with Crippen LogP contribution in [0.2, 0.25) is 5.02 Å². The second kappa shape index (κ2) is 6.45. The van der Waals surface area contributed by atoms with Crippen LogP contribution in [0.1, 0.15) is 22.8 Å². The van der Waals surface area contributed by atoms with Crippen molar-refractivity contribution in [2.24, 2.45) is 0 Å². The number of anilines is 1. The van der Waals surface area contributed by atoms with Crippen LogP contribution in [0.4, 0.5) is 5.69 Å². The number of fused-ring (bicyclic) bond motifs is 1. The molecule has 0 bridgehead atoms. The van der Waals surface area contributed by atoms with E-state index in [0.29, 0.717) is 25.2 Å². The lowest BCUT2D eigenvalue weighted by atomic mass is 10.2. The zero-order valence-corrected chi connectivity index (χ0v) is 14.7. The molecule has 0 atom stereocenters. The molecule has 2 aromatic carbocycles. The van der Waals surface area contributed by atoms with Gasteiger partial charge in [-0.1, -0.05) is 29.8 Å². The number of rotatable bonds is 4. The van der Waals surface area contributed by atoms with Crippen LogP contribution in [0, 0.1) is 0 Å². The smallest absolute Gasteiger partial charge is 0.265 e. The molecule has 1 aliphatic rings. The normalized spacial score (nSPS) is 13.7. The molecular formula is C17H17ClN2O3S. The first-order valence-electron chi connectivity index (χ1n) is 7.63. The van der Waals surface area contributed by atoms with Gasteiger partial charge in [-0.3, -0.25) is 9.10 Å². The SMILES string of the molecule is CCNC(=O)c1ccc(Cl)c(S(=O)(=O)N2CCc3ccccc32)c1. The zero-order valence-electron chi connectivity index (χ0n) is 13.1. The minimum atomic E-state index is -3.83. The third-order valence-electron chi connectivity index (χ3n) is 3.94. The van der Waals surface area contributed by atoms with Gasteiger partial charge < -0.3 is 5.32 Å². The second-order valence-corrected chi connectivity index (χ2v) is 7.70. The summed E-state index contributed by atoms with van der Waals surface area (Å²) in [5, 5.41) is 2.76. The molecule has 24 heavy (non-hydrogen) atoms. The zero-order chi connectivity index (χ0) is 17.3. The molecule has 0 radical (unpaired) electrons. The van der Waals surface area contributed by atoms with Crippen molar-refractivity contribution >= 4 is 33.2 Å². The van der Waals surface area contributed by atoms with Gasteiger partial charge in [-0.05, 0) is 43.2 Å². The fraction of sp³-hybridized carbons (Fsp3) is 0.235. The first kappa shape index (κ1) is 16.8. The molecule has 1 heterocycles. The van der Waals surface area contributed by atoms with E-state index >= 15 is 0 Å². The van der Waals surface area contributed by atoms with Gasteiger partial charge in [-0.15, -0.1) is 0 Å². The number of hydrogen-bond acceptors (Lipinski definition) is 3. The molecule has 0 unspecified atom stereocenters. The maximum Gasteiger partial charge on any atom is 0.265 e. The van der Waals surface area contributed by atoms with Gasteiger partial charge in [0.1, 0.15) is 4.90 Å². The van der Waals surface area contributed by atoms with Crippen LogP contribution in [-0.2, 0) is 16.4 Å². The summed E-state index contributed by atoms with van der Waals surface area (Å²) in [4.78, 5) is 11.9. The van der Waals surface area contributed by atoms with E-state index in [0.717, 1.165) is 5.56 Å². The summed E-state index contributed by atoms with van der Waals surface area (Å²) in [6.07, 6.45) is 0.656. The van der Waals surface area contributed by atoms with Crippen LogP contribution < -0.4 is 9.62 Å². The van der Waals surface area contributed by atoms with E-state index in [9.17, 15) is 13.2 Å². The molecule has 5 nitrogen and oxygen atoms in total. The summed E-state index contributed by atoms with van der Waals surface area (Å²) in [6.45, 7) is 2.62. The topological polar surface area (TPSA) is 66.5 Å². The highest BCUT2D eigenvalue weighted by atomic mass is 35.5. The first-order valence-corrected chi connectivity index (χ1v) is 9.45. The number of nitrogens with one attached hydrogen (secondary N) is 1. The van der Waals surface area contributed by atoms with E-state index in [4.69, 9.17) is 11.6 Å². The van der Waals surface area contributed by atoms with Crippen LogP contribution in [0.15, 0.2) is 47.4 Å². The van der Waals surface area contributed by atoms with Crippen molar-refractivity contribution < 1.29 is 13.2 Å². The summed E-state index contributed by atoms with van der Waals surface area (Å²) in [5.74, 6) is -0.326. The number of sulfonamides is 1. The molecule has 0 fully saturated rings. The molecule has 2 aromatic rings.